The van der Waals surface area contributed by atoms with Gasteiger partial charge in [0.15, 0.2) is 5.69 Å². The number of amides is 1. The number of rotatable bonds is 9. The molecule has 2 N–H and O–H groups in total. The molecule has 3 atom stereocenters. The van der Waals surface area contributed by atoms with Crippen LogP contribution in [0, 0.1) is 5.92 Å². The third-order valence-corrected chi connectivity index (χ3v) is 7.94. The summed E-state index contributed by atoms with van der Waals surface area (Å²) in [6.45, 7) is 8.20. The average Bonchev–Trinajstić information content (AvgIpc) is 3.67. The molecule has 2 aliphatic rings. The number of H-pyrrole nitrogens is 1. The van der Waals surface area contributed by atoms with E-state index in [0.29, 0.717) is 25.4 Å². The van der Waals surface area contributed by atoms with Crippen LogP contribution in [0.15, 0.2) is 60.5 Å². The molecule has 38 heavy (non-hydrogen) atoms. The van der Waals surface area contributed by atoms with E-state index in [1.54, 1.807) is 10.9 Å². The zero-order valence-corrected chi connectivity index (χ0v) is 22.2. The molecule has 1 fully saturated rings. The van der Waals surface area contributed by atoms with E-state index in [9.17, 15) is 9.59 Å². The Labute approximate surface area is 222 Å². The highest BCUT2D eigenvalue weighted by atomic mass is 16.5. The van der Waals surface area contributed by atoms with Crippen molar-refractivity contribution in [1.82, 2.24) is 30.2 Å². The number of likely N-dealkylation sites (tertiary alicyclic amines) is 1. The Balaban J connectivity index is 1.27. The van der Waals surface area contributed by atoms with Gasteiger partial charge >= 0.3 is 5.97 Å². The van der Waals surface area contributed by atoms with Crippen LogP contribution in [0.3, 0.4) is 0 Å². The lowest BCUT2D eigenvalue weighted by atomic mass is 9.85. The van der Waals surface area contributed by atoms with E-state index in [-0.39, 0.29) is 23.7 Å². The Hall–Kier alpha value is -3.72. The van der Waals surface area contributed by atoms with E-state index in [4.69, 9.17) is 4.74 Å². The number of ether oxygens (including phenoxy) is 1. The molecule has 5 rings (SSSR count). The first-order valence-electron chi connectivity index (χ1n) is 13.3. The van der Waals surface area contributed by atoms with Crippen LogP contribution in [0.2, 0.25) is 0 Å². The maximum atomic E-state index is 13.5. The minimum atomic E-state index is -0.517. The van der Waals surface area contributed by atoms with Crippen LogP contribution < -0.4 is 5.32 Å². The molecule has 3 aromatic rings. The Bertz CT molecular complexity index is 1360. The monoisotopic (exact) mass is 516 g/mol. The number of para-hydroxylation sites is 1. The van der Waals surface area contributed by atoms with Crippen molar-refractivity contribution >= 4 is 22.8 Å². The normalized spacial score (nSPS) is 21.8. The number of hydrogen-bond acceptors (Lipinski definition) is 6. The Morgan fingerprint density at radius 1 is 1.29 bits per heavy atom. The molecule has 0 unspecified atom stereocenters. The number of benzene rings is 1. The number of nitrogens with one attached hydrogen (secondary N) is 2. The highest BCUT2D eigenvalue weighted by Crippen LogP contribution is 2.32. The molecule has 0 radical (unpaired) electrons. The number of nitrogens with zero attached hydrogens (tertiary/aromatic N) is 4. The number of fused-ring (bicyclic) bond motifs is 1. The fourth-order valence-corrected chi connectivity index (χ4v) is 5.69. The fraction of sp³-hybridized carbons (Fsp3) is 0.448. The van der Waals surface area contributed by atoms with E-state index < -0.39 is 5.97 Å². The molecule has 9 heteroatoms. The van der Waals surface area contributed by atoms with Gasteiger partial charge in [0, 0.05) is 36.7 Å². The zero-order chi connectivity index (χ0) is 26.6. The summed E-state index contributed by atoms with van der Waals surface area (Å²) in [5.74, 6) is 0.0505. The minimum absolute atomic E-state index is 0.0249. The van der Waals surface area contributed by atoms with E-state index in [0.717, 1.165) is 37.7 Å². The van der Waals surface area contributed by atoms with Crippen molar-refractivity contribution < 1.29 is 14.3 Å². The molecule has 1 aromatic carbocycles. The van der Waals surface area contributed by atoms with E-state index in [2.05, 4.69) is 57.2 Å². The molecule has 1 amide bonds. The van der Waals surface area contributed by atoms with Gasteiger partial charge in [0.2, 0.25) is 5.91 Å². The van der Waals surface area contributed by atoms with Crippen molar-refractivity contribution in [2.45, 2.75) is 51.1 Å². The van der Waals surface area contributed by atoms with Crippen LogP contribution >= 0.6 is 0 Å². The summed E-state index contributed by atoms with van der Waals surface area (Å²) in [5.41, 5.74) is 5.08. The van der Waals surface area contributed by atoms with Crippen molar-refractivity contribution in [3.8, 4) is 0 Å². The number of aromatic amines is 1. The van der Waals surface area contributed by atoms with Gasteiger partial charge in [0.1, 0.15) is 0 Å². The molecule has 2 aromatic heterocycles. The lowest BCUT2D eigenvalue weighted by molar-refractivity contribution is -0.125. The molecule has 0 spiro atoms. The molecule has 0 saturated carbocycles. The lowest BCUT2D eigenvalue weighted by Crippen LogP contribution is -2.44. The van der Waals surface area contributed by atoms with Gasteiger partial charge in [-0.05, 0) is 56.6 Å². The number of methoxy groups -OCH3 is 1. The van der Waals surface area contributed by atoms with Crippen molar-refractivity contribution in [2.75, 3.05) is 26.7 Å². The van der Waals surface area contributed by atoms with Crippen LogP contribution in [0.5, 0.6) is 0 Å². The third-order valence-electron chi connectivity index (χ3n) is 7.94. The molecule has 9 nitrogen and oxygen atoms in total. The Morgan fingerprint density at radius 3 is 2.89 bits per heavy atom. The van der Waals surface area contributed by atoms with Crippen molar-refractivity contribution in [2.24, 2.45) is 5.92 Å². The quantitative estimate of drug-likeness (QED) is 0.331. The van der Waals surface area contributed by atoms with Crippen molar-refractivity contribution in [3.63, 3.8) is 0 Å². The smallest absolute Gasteiger partial charge is 0.360 e. The first kappa shape index (κ1) is 25.9. The van der Waals surface area contributed by atoms with E-state index in [1.165, 1.54) is 29.2 Å². The van der Waals surface area contributed by atoms with E-state index >= 15 is 0 Å². The van der Waals surface area contributed by atoms with Gasteiger partial charge in [-0.2, -0.15) is 0 Å². The number of carbonyl (C=O) groups excluding carboxylic acids is 2. The summed E-state index contributed by atoms with van der Waals surface area (Å²) in [6, 6.07) is 7.86. The van der Waals surface area contributed by atoms with Gasteiger partial charge in [-0.1, -0.05) is 47.2 Å². The summed E-state index contributed by atoms with van der Waals surface area (Å²) in [5, 5.41) is 12.5. The van der Waals surface area contributed by atoms with Crippen LogP contribution in [-0.4, -0.2) is 69.5 Å². The minimum Gasteiger partial charge on any atom is -0.464 e. The summed E-state index contributed by atoms with van der Waals surface area (Å²) in [4.78, 5) is 30.9. The molecule has 200 valence electrons. The van der Waals surface area contributed by atoms with Gasteiger partial charge in [-0.15, -0.1) is 5.10 Å². The number of carbonyl (C=O) groups is 2. The molecule has 3 heterocycles. The van der Waals surface area contributed by atoms with Crippen molar-refractivity contribution in [3.05, 3.63) is 71.7 Å². The highest BCUT2D eigenvalue weighted by Gasteiger charge is 2.38. The topological polar surface area (TPSA) is 105 Å². The zero-order valence-electron chi connectivity index (χ0n) is 22.2. The highest BCUT2D eigenvalue weighted by molar-refractivity contribution is 5.86. The second-order valence-electron chi connectivity index (χ2n) is 10.5. The Kier molecular flexibility index (Phi) is 7.74. The second kappa shape index (κ2) is 11.3. The largest absolute Gasteiger partial charge is 0.464 e. The van der Waals surface area contributed by atoms with Gasteiger partial charge in [-0.25, -0.2) is 9.48 Å². The predicted molar refractivity (Wildman–Crippen MR) is 146 cm³/mol. The molecular weight excluding hydrogens is 480 g/mol. The number of hydrogen-bond donors (Lipinski definition) is 2. The number of aromatic nitrogens is 4. The number of allylic oxidation sites excluding steroid dienone is 2. The Morgan fingerprint density at radius 2 is 2.13 bits per heavy atom. The summed E-state index contributed by atoms with van der Waals surface area (Å²) in [7, 11) is 1.33. The maximum Gasteiger partial charge on any atom is 0.360 e. The van der Waals surface area contributed by atoms with Crippen LogP contribution in [0.1, 0.15) is 54.7 Å². The molecule has 1 aliphatic carbocycles. The molecular formula is C29H36N6O3. The second-order valence-corrected chi connectivity index (χ2v) is 10.5. The maximum absolute atomic E-state index is 13.5. The third kappa shape index (κ3) is 5.57. The standard InChI is InChI=1S/C29H36N6O3/c1-19(2)21-10-8-20(9-11-21)16-34-17-23(35-18-26(32-33-35)29(37)38-3)14-27(34)28(36)30-13-12-22-15-31-25-7-5-4-6-24(22)25/h4-8,15,18,21,23,27,31H,1,9-14,16-17H2,2-3H3,(H,30,36)/t21-,23-,27+/m1/s1. The van der Waals surface area contributed by atoms with Crippen molar-refractivity contribution in [1.29, 1.82) is 0 Å². The number of esters is 1. The van der Waals surface area contributed by atoms with Gasteiger partial charge in [-0.3, -0.25) is 9.69 Å². The summed E-state index contributed by atoms with van der Waals surface area (Å²) in [6.07, 6.45) is 10.4. The first-order chi connectivity index (χ1) is 18.4. The van der Waals surface area contributed by atoms with Crippen LogP contribution in [0.25, 0.3) is 10.9 Å². The molecule has 1 saturated heterocycles. The van der Waals surface area contributed by atoms with E-state index in [1.807, 2.05) is 18.3 Å². The average molecular weight is 517 g/mol. The lowest BCUT2D eigenvalue weighted by Gasteiger charge is -2.28. The summed E-state index contributed by atoms with van der Waals surface area (Å²) >= 11 is 0. The summed E-state index contributed by atoms with van der Waals surface area (Å²) < 4.78 is 6.47. The molecule has 0 bridgehead atoms. The van der Waals surface area contributed by atoms with Gasteiger partial charge in [0.05, 0.1) is 25.4 Å². The van der Waals surface area contributed by atoms with Crippen LogP contribution in [0.4, 0.5) is 0 Å². The SMILES string of the molecule is C=C(C)[C@@H]1CC=C(CN2C[C@H](n3cc(C(=O)OC)nn3)C[C@H]2C(=O)NCCc2c[nH]c3ccccc23)CC1. The first-order valence-corrected chi connectivity index (χ1v) is 13.3. The van der Waals surface area contributed by atoms with Gasteiger partial charge in [0.25, 0.3) is 0 Å². The van der Waals surface area contributed by atoms with Crippen LogP contribution in [-0.2, 0) is 16.0 Å². The fourth-order valence-electron chi connectivity index (χ4n) is 5.69. The van der Waals surface area contributed by atoms with Gasteiger partial charge < -0.3 is 15.0 Å². The molecule has 1 aliphatic heterocycles. The predicted octanol–water partition coefficient (Wildman–Crippen LogP) is 3.82.